The number of nitrogens with zero attached hydrogens (tertiary/aromatic N) is 3. The smallest absolute Gasteiger partial charge is 0.322 e. The lowest BCUT2D eigenvalue weighted by molar-refractivity contribution is 0.0676. The number of aromatic nitrogens is 1. The van der Waals surface area contributed by atoms with Crippen LogP contribution in [0.5, 0.6) is 0 Å². The Morgan fingerprint density at radius 3 is 2.48 bits per heavy atom. The maximum atomic E-state index is 12.6. The Morgan fingerprint density at radius 2 is 1.74 bits per heavy atom. The third-order valence-corrected chi connectivity index (χ3v) is 5.67. The van der Waals surface area contributed by atoms with Crippen molar-refractivity contribution < 1.29 is 9.59 Å². The molecule has 3 amide bonds. The van der Waals surface area contributed by atoms with Gasteiger partial charge in [0.1, 0.15) is 0 Å². The molecule has 0 aliphatic carbocycles. The maximum absolute atomic E-state index is 12.6. The highest BCUT2D eigenvalue weighted by Crippen LogP contribution is 2.22. The van der Waals surface area contributed by atoms with E-state index in [1.54, 1.807) is 11.1 Å². The number of hydrogen-bond acceptors (Lipinski definition) is 4. The Morgan fingerprint density at radius 1 is 1.00 bits per heavy atom. The highest BCUT2D eigenvalue weighted by atomic mass is 32.1. The van der Waals surface area contributed by atoms with Gasteiger partial charge in [0.25, 0.3) is 5.91 Å². The summed E-state index contributed by atoms with van der Waals surface area (Å²) in [5.74, 6) is 0.0476. The van der Waals surface area contributed by atoms with Crippen molar-refractivity contribution in [2.75, 3.05) is 31.5 Å². The standard InChI is InChI=1S/C20H20N4O2S/c1-14-7-8-17(27-14)19(25)23-10-12-24(13-11-23)20(26)22-16-6-2-4-15-5-3-9-21-18(15)16/h2-9H,10-13H2,1H3,(H,22,26). The summed E-state index contributed by atoms with van der Waals surface area (Å²) in [6.45, 7) is 4.10. The number of fused-ring (bicyclic) bond motifs is 1. The van der Waals surface area contributed by atoms with Crippen LogP contribution in [-0.4, -0.2) is 52.9 Å². The Hall–Kier alpha value is -2.93. The van der Waals surface area contributed by atoms with Gasteiger partial charge in [-0.05, 0) is 31.2 Å². The summed E-state index contributed by atoms with van der Waals surface area (Å²) < 4.78 is 0. The number of rotatable bonds is 2. The molecule has 0 radical (unpaired) electrons. The summed E-state index contributed by atoms with van der Waals surface area (Å²) in [7, 11) is 0. The molecule has 1 N–H and O–H groups in total. The first-order valence-corrected chi connectivity index (χ1v) is 9.69. The Labute approximate surface area is 161 Å². The van der Waals surface area contributed by atoms with E-state index in [-0.39, 0.29) is 11.9 Å². The van der Waals surface area contributed by atoms with E-state index in [0.717, 1.165) is 20.7 Å². The molecule has 0 bridgehead atoms. The second-order valence-corrected chi connectivity index (χ2v) is 7.79. The molecule has 1 aliphatic heterocycles. The van der Waals surface area contributed by atoms with Crippen LogP contribution in [-0.2, 0) is 0 Å². The Balaban J connectivity index is 1.39. The number of carbonyl (C=O) groups is 2. The molecule has 3 heterocycles. The van der Waals surface area contributed by atoms with Gasteiger partial charge in [-0.2, -0.15) is 0 Å². The predicted octanol–water partition coefficient (Wildman–Crippen LogP) is 3.59. The minimum Gasteiger partial charge on any atom is -0.334 e. The van der Waals surface area contributed by atoms with Gasteiger partial charge in [-0.15, -0.1) is 11.3 Å². The van der Waals surface area contributed by atoms with Gasteiger partial charge in [-0.3, -0.25) is 9.78 Å². The van der Waals surface area contributed by atoms with Crippen LogP contribution >= 0.6 is 11.3 Å². The Kier molecular flexibility index (Phi) is 4.77. The number of amides is 3. The molecule has 138 valence electrons. The van der Waals surface area contributed by atoms with Crippen molar-refractivity contribution in [3.8, 4) is 0 Å². The molecule has 0 unspecified atom stereocenters. The van der Waals surface area contributed by atoms with Crippen LogP contribution in [0.4, 0.5) is 10.5 Å². The van der Waals surface area contributed by atoms with Gasteiger partial charge in [0.2, 0.25) is 0 Å². The fraction of sp³-hybridized carbons (Fsp3) is 0.250. The SMILES string of the molecule is Cc1ccc(C(=O)N2CCN(C(=O)Nc3cccc4cccnc34)CC2)s1. The number of aryl methyl sites for hydroxylation is 1. The van der Waals surface area contributed by atoms with Gasteiger partial charge in [0, 0.05) is 42.6 Å². The van der Waals surface area contributed by atoms with Crippen LogP contribution in [0.2, 0.25) is 0 Å². The fourth-order valence-corrected chi connectivity index (χ4v) is 4.05. The third-order valence-electron chi connectivity index (χ3n) is 4.68. The van der Waals surface area contributed by atoms with Crippen LogP contribution < -0.4 is 5.32 Å². The Bertz CT molecular complexity index is 987. The van der Waals surface area contributed by atoms with E-state index in [1.165, 1.54) is 11.3 Å². The summed E-state index contributed by atoms with van der Waals surface area (Å²) in [6.07, 6.45) is 1.72. The van der Waals surface area contributed by atoms with Crippen molar-refractivity contribution in [1.82, 2.24) is 14.8 Å². The molecule has 6 nitrogen and oxygen atoms in total. The largest absolute Gasteiger partial charge is 0.334 e. The third kappa shape index (κ3) is 3.64. The normalized spacial score (nSPS) is 14.4. The number of piperazine rings is 1. The molecule has 0 spiro atoms. The zero-order valence-electron chi connectivity index (χ0n) is 15.0. The summed E-state index contributed by atoms with van der Waals surface area (Å²) in [4.78, 5) is 35.0. The van der Waals surface area contributed by atoms with Crippen molar-refractivity contribution in [2.24, 2.45) is 0 Å². The van der Waals surface area contributed by atoms with Gasteiger partial charge in [0.05, 0.1) is 16.1 Å². The van der Waals surface area contributed by atoms with E-state index in [4.69, 9.17) is 0 Å². The van der Waals surface area contributed by atoms with Gasteiger partial charge in [-0.25, -0.2) is 4.79 Å². The van der Waals surface area contributed by atoms with Crippen LogP contribution in [0.15, 0.2) is 48.7 Å². The lowest BCUT2D eigenvalue weighted by atomic mass is 10.2. The summed E-state index contributed by atoms with van der Waals surface area (Å²) in [5.41, 5.74) is 1.47. The molecule has 1 fully saturated rings. The number of pyridine rings is 1. The lowest BCUT2D eigenvalue weighted by Gasteiger charge is -2.34. The molecule has 0 saturated carbocycles. The first-order valence-electron chi connectivity index (χ1n) is 8.87. The number of benzene rings is 1. The highest BCUT2D eigenvalue weighted by molar-refractivity contribution is 7.13. The molecule has 1 saturated heterocycles. The second-order valence-electron chi connectivity index (χ2n) is 6.50. The summed E-state index contributed by atoms with van der Waals surface area (Å²) in [6, 6.07) is 13.2. The fourth-order valence-electron chi connectivity index (χ4n) is 3.22. The van der Waals surface area contributed by atoms with E-state index in [9.17, 15) is 9.59 Å². The van der Waals surface area contributed by atoms with E-state index < -0.39 is 0 Å². The summed E-state index contributed by atoms with van der Waals surface area (Å²) in [5, 5.41) is 3.94. The zero-order valence-corrected chi connectivity index (χ0v) is 15.8. The van der Waals surface area contributed by atoms with Gasteiger partial charge < -0.3 is 15.1 Å². The molecular formula is C20H20N4O2S. The molecule has 4 rings (SSSR count). The molecule has 3 aromatic rings. The summed E-state index contributed by atoms with van der Waals surface area (Å²) >= 11 is 1.51. The van der Waals surface area contributed by atoms with Crippen molar-refractivity contribution in [1.29, 1.82) is 0 Å². The molecule has 7 heteroatoms. The van der Waals surface area contributed by atoms with Gasteiger partial charge in [-0.1, -0.05) is 18.2 Å². The first-order chi connectivity index (χ1) is 13.1. The second kappa shape index (κ2) is 7.36. The monoisotopic (exact) mass is 380 g/mol. The van der Waals surface area contributed by atoms with E-state index in [1.807, 2.05) is 54.3 Å². The zero-order chi connectivity index (χ0) is 18.8. The van der Waals surface area contributed by atoms with E-state index >= 15 is 0 Å². The highest BCUT2D eigenvalue weighted by Gasteiger charge is 2.25. The van der Waals surface area contributed by atoms with Crippen molar-refractivity contribution in [3.05, 3.63) is 58.4 Å². The number of hydrogen-bond donors (Lipinski definition) is 1. The molecule has 2 aromatic heterocycles. The minimum atomic E-state index is -0.160. The van der Waals surface area contributed by atoms with Gasteiger partial charge >= 0.3 is 6.03 Å². The number of nitrogens with one attached hydrogen (secondary N) is 1. The molecule has 1 aliphatic rings. The average Bonchev–Trinajstić information content (AvgIpc) is 3.14. The maximum Gasteiger partial charge on any atom is 0.322 e. The van der Waals surface area contributed by atoms with Crippen LogP contribution in [0.3, 0.4) is 0 Å². The van der Waals surface area contributed by atoms with E-state index in [2.05, 4.69) is 10.3 Å². The number of urea groups is 1. The average molecular weight is 380 g/mol. The van der Waals surface area contributed by atoms with Crippen molar-refractivity contribution >= 4 is 39.9 Å². The number of carbonyl (C=O) groups excluding carboxylic acids is 2. The molecular weight excluding hydrogens is 360 g/mol. The number of para-hydroxylation sites is 1. The van der Waals surface area contributed by atoms with Gasteiger partial charge in [0.15, 0.2) is 0 Å². The van der Waals surface area contributed by atoms with Crippen molar-refractivity contribution in [3.63, 3.8) is 0 Å². The number of thiophene rings is 1. The topological polar surface area (TPSA) is 65.5 Å². The quantitative estimate of drug-likeness (QED) is 0.739. The van der Waals surface area contributed by atoms with Crippen LogP contribution in [0.1, 0.15) is 14.5 Å². The lowest BCUT2D eigenvalue weighted by Crippen LogP contribution is -2.51. The molecule has 0 atom stereocenters. The van der Waals surface area contributed by atoms with Crippen LogP contribution in [0.25, 0.3) is 10.9 Å². The minimum absolute atomic E-state index is 0.0476. The predicted molar refractivity (Wildman–Crippen MR) is 107 cm³/mol. The molecule has 1 aromatic carbocycles. The van der Waals surface area contributed by atoms with Crippen molar-refractivity contribution in [2.45, 2.75) is 6.92 Å². The van der Waals surface area contributed by atoms with E-state index in [0.29, 0.717) is 31.9 Å². The first kappa shape index (κ1) is 17.5. The number of anilines is 1. The van der Waals surface area contributed by atoms with Crippen LogP contribution in [0, 0.1) is 6.92 Å². The molecule has 27 heavy (non-hydrogen) atoms.